The van der Waals surface area contributed by atoms with Crippen molar-refractivity contribution in [2.45, 2.75) is 25.8 Å². The molecule has 1 aliphatic carbocycles. The number of hydrogen-bond acceptors (Lipinski definition) is 3. The Balaban J connectivity index is 2.25. The van der Waals surface area contributed by atoms with Crippen molar-refractivity contribution in [3.63, 3.8) is 0 Å². The Hall–Kier alpha value is -0.120. The molecule has 1 aliphatic rings. The van der Waals surface area contributed by atoms with Gasteiger partial charge in [-0.3, -0.25) is 4.90 Å². The second-order valence-electron chi connectivity index (χ2n) is 4.21. The maximum absolute atomic E-state index is 5.14. The van der Waals surface area contributed by atoms with Crippen LogP contribution in [0.2, 0.25) is 0 Å². The number of rotatable bonds is 8. The Morgan fingerprint density at radius 3 is 2.64 bits per heavy atom. The predicted molar refractivity (Wildman–Crippen MR) is 59.6 cm³/mol. The predicted octanol–water partition coefficient (Wildman–Crippen LogP) is 0.953. The Morgan fingerprint density at radius 1 is 1.43 bits per heavy atom. The topological polar surface area (TPSA) is 24.5 Å². The molecule has 1 atom stereocenters. The summed E-state index contributed by atoms with van der Waals surface area (Å²) in [7, 11) is 3.79. The fraction of sp³-hybridized carbons (Fsp3) is 1.00. The van der Waals surface area contributed by atoms with Gasteiger partial charge in [0.2, 0.25) is 0 Å². The molecule has 0 heterocycles. The lowest BCUT2D eigenvalue weighted by atomic mass is 10.2. The van der Waals surface area contributed by atoms with E-state index >= 15 is 0 Å². The summed E-state index contributed by atoms with van der Waals surface area (Å²) in [6, 6.07) is 0.735. The van der Waals surface area contributed by atoms with Gasteiger partial charge in [0.05, 0.1) is 6.61 Å². The first kappa shape index (κ1) is 12.0. The Morgan fingerprint density at radius 2 is 2.14 bits per heavy atom. The van der Waals surface area contributed by atoms with Gasteiger partial charge in [0.1, 0.15) is 0 Å². The Labute approximate surface area is 87.8 Å². The maximum atomic E-state index is 5.14. The molecule has 0 aromatic carbocycles. The van der Waals surface area contributed by atoms with Gasteiger partial charge in [-0.05, 0) is 32.7 Å². The Kier molecular flexibility index (Phi) is 5.45. The van der Waals surface area contributed by atoms with E-state index in [2.05, 4.69) is 17.1 Å². The lowest BCUT2D eigenvalue weighted by Crippen LogP contribution is -2.40. The van der Waals surface area contributed by atoms with E-state index in [1.165, 1.54) is 12.8 Å². The van der Waals surface area contributed by atoms with Gasteiger partial charge in [-0.2, -0.15) is 0 Å². The molecule has 0 amide bonds. The van der Waals surface area contributed by atoms with Crippen LogP contribution in [0.15, 0.2) is 0 Å². The summed E-state index contributed by atoms with van der Waals surface area (Å²) in [6.45, 7) is 6.47. The molecule has 0 aromatic rings. The van der Waals surface area contributed by atoms with E-state index in [4.69, 9.17) is 4.74 Å². The minimum absolute atomic E-state index is 0.735. The standard InChI is InChI=1S/C11H24N2O/c1-10(11-4-5-11)13(7-6-12-2)8-9-14-3/h10-12H,4-9H2,1-3H3. The van der Waals surface area contributed by atoms with E-state index in [1.807, 2.05) is 7.05 Å². The molecule has 1 N–H and O–H groups in total. The molecule has 3 nitrogen and oxygen atoms in total. The highest BCUT2D eigenvalue weighted by atomic mass is 16.5. The van der Waals surface area contributed by atoms with Gasteiger partial charge in [-0.1, -0.05) is 0 Å². The van der Waals surface area contributed by atoms with Crippen molar-refractivity contribution < 1.29 is 4.74 Å². The summed E-state index contributed by atoms with van der Waals surface area (Å²) in [5.74, 6) is 0.948. The monoisotopic (exact) mass is 200 g/mol. The lowest BCUT2D eigenvalue weighted by molar-refractivity contribution is 0.118. The number of nitrogens with zero attached hydrogens (tertiary/aromatic N) is 1. The molecule has 0 spiro atoms. The summed E-state index contributed by atoms with van der Waals surface area (Å²) < 4.78 is 5.14. The largest absolute Gasteiger partial charge is 0.383 e. The normalized spacial score (nSPS) is 18.9. The van der Waals surface area contributed by atoms with Crippen molar-refractivity contribution in [3.8, 4) is 0 Å². The maximum Gasteiger partial charge on any atom is 0.0589 e. The van der Waals surface area contributed by atoms with Crippen molar-refractivity contribution in [2.75, 3.05) is 40.4 Å². The van der Waals surface area contributed by atoms with Crippen molar-refractivity contribution in [1.82, 2.24) is 10.2 Å². The van der Waals surface area contributed by atoms with Crippen molar-refractivity contribution in [1.29, 1.82) is 0 Å². The number of nitrogens with one attached hydrogen (secondary N) is 1. The van der Waals surface area contributed by atoms with Crippen LogP contribution in [-0.4, -0.2) is 51.3 Å². The number of methoxy groups -OCH3 is 1. The molecular weight excluding hydrogens is 176 g/mol. The fourth-order valence-electron chi connectivity index (χ4n) is 1.86. The third kappa shape index (κ3) is 3.95. The summed E-state index contributed by atoms with van der Waals surface area (Å²) in [5.41, 5.74) is 0. The van der Waals surface area contributed by atoms with E-state index in [9.17, 15) is 0 Å². The van der Waals surface area contributed by atoms with Gasteiger partial charge in [0.25, 0.3) is 0 Å². The highest BCUT2D eigenvalue weighted by Crippen LogP contribution is 2.34. The molecule has 3 heteroatoms. The molecule has 14 heavy (non-hydrogen) atoms. The van der Waals surface area contributed by atoms with Gasteiger partial charge in [-0.25, -0.2) is 0 Å². The van der Waals surface area contributed by atoms with Crippen LogP contribution in [0.3, 0.4) is 0 Å². The SMILES string of the molecule is CNCCN(CCOC)C(C)C1CC1. The van der Waals surface area contributed by atoms with Gasteiger partial charge in [0, 0.05) is 32.8 Å². The summed E-state index contributed by atoms with van der Waals surface area (Å²) >= 11 is 0. The molecular formula is C11H24N2O. The third-order valence-electron chi connectivity index (χ3n) is 3.11. The van der Waals surface area contributed by atoms with Crippen molar-refractivity contribution in [2.24, 2.45) is 5.92 Å². The molecule has 1 unspecified atom stereocenters. The average Bonchev–Trinajstić information content (AvgIpc) is 3.00. The summed E-state index contributed by atoms with van der Waals surface area (Å²) in [5, 5.41) is 3.21. The number of hydrogen-bond donors (Lipinski definition) is 1. The van der Waals surface area contributed by atoms with Crippen LogP contribution in [-0.2, 0) is 4.74 Å². The van der Waals surface area contributed by atoms with E-state index in [0.29, 0.717) is 0 Å². The molecule has 1 fully saturated rings. The molecule has 1 rings (SSSR count). The first-order chi connectivity index (χ1) is 6.79. The van der Waals surface area contributed by atoms with Gasteiger partial charge in [-0.15, -0.1) is 0 Å². The average molecular weight is 200 g/mol. The minimum Gasteiger partial charge on any atom is -0.383 e. The van der Waals surface area contributed by atoms with E-state index in [-0.39, 0.29) is 0 Å². The molecule has 84 valence electrons. The third-order valence-corrected chi connectivity index (χ3v) is 3.11. The molecule has 0 saturated heterocycles. The fourth-order valence-corrected chi connectivity index (χ4v) is 1.86. The molecule has 0 radical (unpaired) electrons. The van der Waals surface area contributed by atoms with Crippen molar-refractivity contribution >= 4 is 0 Å². The quantitative estimate of drug-likeness (QED) is 0.631. The van der Waals surface area contributed by atoms with Crippen LogP contribution in [0, 0.1) is 5.92 Å². The van der Waals surface area contributed by atoms with Crippen LogP contribution in [0.4, 0.5) is 0 Å². The highest BCUT2D eigenvalue weighted by molar-refractivity contribution is 4.85. The van der Waals surface area contributed by atoms with Gasteiger partial charge in [0.15, 0.2) is 0 Å². The summed E-state index contributed by atoms with van der Waals surface area (Å²) in [4.78, 5) is 2.54. The van der Waals surface area contributed by atoms with E-state index in [1.54, 1.807) is 7.11 Å². The first-order valence-electron chi connectivity index (χ1n) is 5.67. The smallest absolute Gasteiger partial charge is 0.0589 e. The zero-order valence-corrected chi connectivity index (χ0v) is 9.75. The van der Waals surface area contributed by atoms with Crippen LogP contribution >= 0.6 is 0 Å². The highest BCUT2D eigenvalue weighted by Gasteiger charge is 2.31. The van der Waals surface area contributed by atoms with E-state index in [0.717, 1.165) is 38.2 Å². The molecule has 0 aromatic heterocycles. The van der Waals surface area contributed by atoms with Gasteiger partial charge < -0.3 is 10.1 Å². The molecule has 1 saturated carbocycles. The van der Waals surface area contributed by atoms with Crippen LogP contribution < -0.4 is 5.32 Å². The molecule has 0 aliphatic heterocycles. The molecule has 0 bridgehead atoms. The number of ether oxygens (including phenoxy) is 1. The lowest BCUT2D eigenvalue weighted by Gasteiger charge is -2.28. The van der Waals surface area contributed by atoms with Gasteiger partial charge >= 0.3 is 0 Å². The second kappa shape index (κ2) is 6.38. The zero-order chi connectivity index (χ0) is 10.4. The summed E-state index contributed by atoms with van der Waals surface area (Å²) in [6.07, 6.45) is 2.84. The zero-order valence-electron chi connectivity index (χ0n) is 9.75. The second-order valence-corrected chi connectivity index (χ2v) is 4.21. The van der Waals surface area contributed by atoms with E-state index < -0.39 is 0 Å². The number of likely N-dealkylation sites (N-methyl/N-ethyl adjacent to an activating group) is 1. The van der Waals surface area contributed by atoms with Crippen LogP contribution in [0.1, 0.15) is 19.8 Å². The van der Waals surface area contributed by atoms with Crippen LogP contribution in [0.5, 0.6) is 0 Å². The Bertz CT molecular complexity index is 140. The van der Waals surface area contributed by atoms with Crippen molar-refractivity contribution in [3.05, 3.63) is 0 Å². The van der Waals surface area contributed by atoms with Crippen LogP contribution in [0.25, 0.3) is 0 Å². The minimum atomic E-state index is 0.735. The first-order valence-corrected chi connectivity index (χ1v) is 5.67.